The zero-order valence-corrected chi connectivity index (χ0v) is 12.6. The van der Waals surface area contributed by atoms with Crippen LogP contribution < -0.4 is 9.47 Å². The molecule has 0 fully saturated rings. The number of aromatic nitrogens is 2. The molecule has 0 spiro atoms. The largest absolute Gasteiger partial charge is 0.497 e. The average Bonchev–Trinajstić information content (AvgIpc) is 3.04. The standard InChI is InChI=1S/C16H14N2O2S/c1-19-12-9-7-11(8-10-12)15-16(21-18-17-15)13-5-3-4-6-14(13)20-2/h3-10H,1-2H3. The lowest BCUT2D eigenvalue weighted by Crippen LogP contribution is -1.88. The van der Waals surface area contributed by atoms with Crippen LogP contribution >= 0.6 is 11.5 Å². The second kappa shape index (κ2) is 5.93. The smallest absolute Gasteiger partial charge is 0.127 e. The number of methoxy groups -OCH3 is 2. The minimum atomic E-state index is 0.818. The van der Waals surface area contributed by atoms with Crippen molar-refractivity contribution in [2.24, 2.45) is 0 Å². The highest BCUT2D eigenvalue weighted by Crippen LogP contribution is 2.38. The van der Waals surface area contributed by atoms with E-state index in [-0.39, 0.29) is 0 Å². The number of hydrogen-bond donors (Lipinski definition) is 0. The van der Waals surface area contributed by atoms with E-state index in [9.17, 15) is 0 Å². The molecule has 0 aliphatic heterocycles. The van der Waals surface area contributed by atoms with Gasteiger partial charge >= 0.3 is 0 Å². The number of benzene rings is 2. The van der Waals surface area contributed by atoms with Gasteiger partial charge in [-0.1, -0.05) is 16.6 Å². The lowest BCUT2D eigenvalue weighted by atomic mass is 10.1. The first-order valence-electron chi connectivity index (χ1n) is 6.43. The predicted octanol–water partition coefficient (Wildman–Crippen LogP) is 3.89. The van der Waals surface area contributed by atoms with Gasteiger partial charge in [-0.2, -0.15) is 0 Å². The van der Waals surface area contributed by atoms with Crippen molar-refractivity contribution in [2.45, 2.75) is 0 Å². The molecule has 3 rings (SSSR count). The third-order valence-electron chi connectivity index (χ3n) is 3.20. The number of para-hydroxylation sites is 1. The number of nitrogens with zero attached hydrogens (tertiary/aromatic N) is 2. The maximum atomic E-state index is 5.43. The summed E-state index contributed by atoms with van der Waals surface area (Å²) in [6, 6.07) is 15.7. The molecule has 4 nitrogen and oxygen atoms in total. The van der Waals surface area contributed by atoms with Gasteiger partial charge in [0.2, 0.25) is 0 Å². The van der Waals surface area contributed by atoms with E-state index in [1.165, 1.54) is 11.5 Å². The lowest BCUT2D eigenvalue weighted by molar-refractivity contribution is 0.415. The number of rotatable bonds is 4. The van der Waals surface area contributed by atoms with Crippen LogP contribution in [0, 0.1) is 0 Å². The van der Waals surface area contributed by atoms with E-state index in [0.717, 1.165) is 33.2 Å². The molecule has 0 atom stereocenters. The van der Waals surface area contributed by atoms with Gasteiger partial charge in [0.1, 0.15) is 17.2 Å². The fraction of sp³-hybridized carbons (Fsp3) is 0.125. The second-order valence-electron chi connectivity index (χ2n) is 4.38. The molecule has 0 radical (unpaired) electrons. The van der Waals surface area contributed by atoms with Gasteiger partial charge in [-0.05, 0) is 47.9 Å². The molecule has 1 heterocycles. The summed E-state index contributed by atoms with van der Waals surface area (Å²) >= 11 is 1.36. The topological polar surface area (TPSA) is 44.2 Å². The van der Waals surface area contributed by atoms with Crippen LogP contribution in [0.4, 0.5) is 0 Å². The van der Waals surface area contributed by atoms with Crippen LogP contribution in [0.2, 0.25) is 0 Å². The van der Waals surface area contributed by atoms with Crippen LogP contribution in [0.25, 0.3) is 21.7 Å². The Morgan fingerprint density at radius 2 is 1.67 bits per heavy atom. The molecule has 0 unspecified atom stereocenters. The van der Waals surface area contributed by atoms with Crippen LogP contribution in [0.3, 0.4) is 0 Å². The summed E-state index contributed by atoms with van der Waals surface area (Å²) in [7, 11) is 3.32. The van der Waals surface area contributed by atoms with E-state index in [0.29, 0.717) is 0 Å². The highest BCUT2D eigenvalue weighted by Gasteiger charge is 2.15. The Morgan fingerprint density at radius 1 is 0.905 bits per heavy atom. The first kappa shape index (κ1) is 13.6. The van der Waals surface area contributed by atoms with E-state index < -0.39 is 0 Å². The lowest BCUT2D eigenvalue weighted by Gasteiger charge is -2.07. The minimum absolute atomic E-state index is 0.818. The Balaban J connectivity index is 2.08. The van der Waals surface area contributed by atoms with Crippen molar-refractivity contribution in [3.05, 3.63) is 48.5 Å². The molecule has 0 saturated carbocycles. The third kappa shape index (κ3) is 2.60. The number of ether oxygens (including phenoxy) is 2. The van der Waals surface area contributed by atoms with Gasteiger partial charge in [-0.15, -0.1) is 5.10 Å². The zero-order valence-electron chi connectivity index (χ0n) is 11.7. The predicted molar refractivity (Wildman–Crippen MR) is 83.9 cm³/mol. The van der Waals surface area contributed by atoms with E-state index >= 15 is 0 Å². The van der Waals surface area contributed by atoms with Crippen molar-refractivity contribution in [3.8, 4) is 33.2 Å². The highest BCUT2D eigenvalue weighted by molar-refractivity contribution is 7.10. The summed E-state index contributed by atoms with van der Waals surface area (Å²) in [5, 5.41) is 4.27. The van der Waals surface area contributed by atoms with Crippen molar-refractivity contribution < 1.29 is 9.47 Å². The van der Waals surface area contributed by atoms with Crippen molar-refractivity contribution in [1.29, 1.82) is 0 Å². The van der Waals surface area contributed by atoms with Gasteiger partial charge in [0.05, 0.1) is 19.1 Å². The normalized spacial score (nSPS) is 10.4. The maximum Gasteiger partial charge on any atom is 0.127 e. The van der Waals surface area contributed by atoms with Gasteiger partial charge in [-0.25, -0.2) is 0 Å². The van der Waals surface area contributed by atoms with Gasteiger partial charge in [0.25, 0.3) is 0 Å². The molecule has 0 amide bonds. The molecule has 0 saturated heterocycles. The van der Waals surface area contributed by atoms with Crippen LogP contribution in [0.1, 0.15) is 0 Å². The fourth-order valence-electron chi connectivity index (χ4n) is 2.14. The molecule has 21 heavy (non-hydrogen) atoms. The van der Waals surface area contributed by atoms with Crippen molar-refractivity contribution in [3.63, 3.8) is 0 Å². The van der Waals surface area contributed by atoms with Gasteiger partial charge < -0.3 is 9.47 Å². The van der Waals surface area contributed by atoms with Gasteiger partial charge in [0, 0.05) is 11.1 Å². The Labute approximate surface area is 127 Å². The van der Waals surface area contributed by atoms with Crippen molar-refractivity contribution >= 4 is 11.5 Å². The van der Waals surface area contributed by atoms with E-state index in [1.807, 2.05) is 48.5 Å². The molecule has 0 aliphatic carbocycles. The van der Waals surface area contributed by atoms with Crippen LogP contribution in [0.15, 0.2) is 48.5 Å². The van der Waals surface area contributed by atoms with E-state index in [2.05, 4.69) is 9.59 Å². The summed E-state index contributed by atoms with van der Waals surface area (Å²) in [5.41, 5.74) is 2.86. The second-order valence-corrected chi connectivity index (χ2v) is 5.13. The average molecular weight is 298 g/mol. The van der Waals surface area contributed by atoms with E-state index in [4.69, 9.17) is 9.47 Å². The molecule has 106 valence electrons. The highest BCUT2D eigenvalue weighted by atomic mass is 32.1. The molecule has 0 aliphatic rings. The third-order valence-corrected chi connectivity index (χ3v) is 3.96. The molecule has 3 aromatic rings. The summed E-state index contributed by atoms with van der Waals surface area (Å²) in [5.74, 6) is 1.64. The number of hydrogen-bond acceptors (Lipinski definition) is 5. The molecular formula is C16H14N2O2S. The Morgan fingerprint density at radius 3 is 2.38 bits per heavy atom. The quantitative estimate of drug-likeness (QED) is 0.733. The monoisotopic (exact) mass is 298 g/mol. The van der Waals surface area contributed by atoms with Gasteiger partial charge in [-0.3, -0.25) is 0 Å². The summed E-state index contributed by atoms with van der Waals surface area (Å²) in [6.07, 6.45) is 0. The van der Waals surface area contributed by atoms with Gasteiger partial charge in [0.15, 0.2) is 0 Å². The summed E-state index contributed by atoms with van der Waals surface area (Å²) < 4.78 is 14.7. The first-order chi connectivity index (χ1) is 10.3. The first-order valence-corrected chi connectivity index (χ1v) is 7.21. The zero-order chi connectivity index (χ0) is 14.7. The Kier molecular flexibility index (Phi) is 3.83. The van der Waals surface area contributed by atoms with Crippen molar-refractivity contribution in [1.82, 2.24) is 9.59 Å². The van der Waals surface area contributed by atoms with E-state index in [1.54, 1.807) is 14.2 Å². The van der Waals surface area contributed by atoms with Crippen LogP contribution in [-0.4, -0.2) is 23.8 Å². The molecule has 5 heteroatoms. The molecule has 1 aromatic heterocycles. The Hall–Kier alpha value is -2.40. The summed E-state index contributed by atoms with van der Waals surface area (Å²) in [4.78, 5) is 0.998. The minimum Gasteiger partial charge on any atom is -0.497 e. The SMILES string of the molecule is COc1ccc(-c2nnsc2-c2ccccc2OC)cc1. The molecule has 0 N–H and O–H groups in total. The van der Waals surface area contributed by atoms with Crippen LogP contribution in [0.5, 0.6) is 11.5 Å². The summed E-state index contributed by atoms with van der Waals surface area (Å²) in [6.45, 7) is 0. The maximum absolute atomic E-state index is 5.43. The fourth-order valence-corrected chi connectivity index (χ4v) is 2.85. The van der Waals surface area contributed by atoms with Crippen molar-refractivity contribution in [2.75, 3.05) is 14.2 Å². The molecule has 2 aromatic carbocycles. The molecule has 0 bridgehead atoms. The molecular weight excluding hydrogens is 284 g/mol. The Bertz CT molecular complexity index is 738. The van der Waals surface area contributed by atoms with Crippen LogP contribution in [-0.2, 0) is 0 Å².